The largest absolute Gasteiger partial charge is 0.368 e. The summed E-state index contributed by atoms with van der Waals surface area (Å²) in [6.07, 6.45) is 0. The fourth-order valence-corrected chi connectivity index (χ4v) is 3.17. The lowest BCUT2D eigenvalue weighted by Crippen LogP contribution is -1.95. The van der Waals surface area contributed by atoms with Crippen molar-refractivity contribution in [1.82, 2.24) is 9.97 Å². The molecule has 14 heavy (non-hydrogen) atoms. The Morgan fingerprint density at radius 2 is 2.29 bits per heavy atom. The number of anilines is 1. The molecule has 72 valence electrons. The van der Waals surface area contributed by atoms with Crippen molar-refractivity contribution in [2.75, 3.05) is 5.73 Å². The Bertz CT molecular complexity index is 410. The van der Waals surface area contributed by atoms with Gasteiger partial charge in [0.2, 0.25) is 5.95 Å². The zero-order chi connectivity index (χ0) is 9.97. The quantitative estimate of drug-likeness (QED) is 0.863. The van der Waals surface area contributed by atoms with Crippen LogP contribution in [-0.4, -0.2) is 9.97 Å². The van der Waals surface area contributed by atoms with E-state index >= 15 is 0 Å². The van der Waals surface area contributed by atoms with E-state index in [1.54, 1.807) is 23.1 Å². The second-order valence-electron chi connectivity index (χ2n) is 2.42. The molecule has 0 unspecified atom stereocenters. The summed E-state index contributed by atoms with van der Waals surface area (Å²) in [4.78, 5) is 8.05. The average molecular weight is 288 g/mol. The summed E-state index contributed by atoms with van der Waals surface area (Å²) >= 11 is 6.53. The van der Waals surface area contributed by atoms with E-state index in [4.69, 9.17) is 5.73 Å². The van der Waals surface area contributed by atoms with E-state index in [9.17, 15) is 0 Å². The van der Waals surface area contributed by atoms with Gasteiger partial charge in [-0.05, 0) is 27.4 Å². The monoisotopic (exact) mass is 287 g/mol. The van der Waals surface area contributed by atoms with Crippen LogP contribution in [0.1, 0.15) is 0 Å². The van der Waals surface area contributed by atoms with Crippen LogP contribution in [0.5, 0.6) is 0 Å². The summed E-state index contributed by atoms with van der Waals surface area (Å²) < 4.78 is 1.90. The topological polar surface area (TPSA) is 51.8 Å². The highest BCUT2D eigenvalue weighted by Crippen LogP contribution is 2.31. The summed E-state index contributed by atoms with van der Waals surface area (Å²) in [5, 5.41) is 2.88. The highest BCUT2D eigenvalue weighted by molar-refractivity contribution is 9.10. The number of rotatable bonds is 2. The predicted octanol–water partition coefficient (Wildman–Crippen LogP) is 3.03. The van der Waals surface area contributed by atoms with Gasteiger partial charge in [0, 0.05) is 6.07 Å². The number of hydrogen-bond donors (Lipinski definition) is 1. The first-order chi connectivity index (χ1) is 6.74. The van der Waals surface area contributed by atoms with Crippen LogP contribution in [0, 0.1) is 0 Å². The van der Waals surface area contributed by atoms with Crippen LogP contribution in [0.2, 0.25) is 0 Å². The maximum Gasteiger partial charge on any atom is 0.222 e. The number of nitrogen functional groups attached to an aromatic ring is 1. The number of nitrogens with zero attached hydrogens (tertiary/aromatic N) is 2. The molecule has 0 atom stereocenters. The molecule has 2 heterocycles. The van der Waals surface area contributed by atoms with Gasteiger partial charge in [-0.15, -0.1) is 11.3 Å². The molecule has 0 fully saturated rings. The molecule has 3 nitrogen and oxygen atoms in total. The average Bonchev–Trinajstić information content (AvgIpc) is 2.54. The molecule has 2 aromatic heterocycles. The van der Waals surface area contributed by atoms with E-state index in [0.717, 1.165) is 5.03 Å². The van der Waals surface area contributed by atoms with Gasteiger partial charge < -0.3 is 5.73 Å². The Labute approximate surface area is 97.9 Å². The smallest absolute Gasteiger partial charge is 0.222 e. The van der Waals surface area contributed by atoms with Crippen LogP contribution in [-0.2, 0) is 0 Å². The van der Waals surface area contributed by atoms with Gasteiger partial charge in [-0.2, -0.15) is 0 Å². The summed E-state index contributed by atoms with van der Waals surface area (Å²) in [5.74, 6) is 0.290. The van der Waals surface area contributed by atoms with Gasteiger partial charge in [-0.3, -0.25) is 0 Å². The summed E-state index contributed by atoms with van der Waals surface area (Å²) in [6, 6.07) is 5.90. The lowest BCUT2D eigenvalue weighted by atomic mass is 10.7. The molecule has 2 N–H and O–H groups in total. The van der Waals surface area contributed by atoms with Crippen LogP contribution in [0.15, 0.2) is 37.4 Å². The van der Waals surface area contributed by atoms with E-state index in [1.165, 1.54) is 4.21 Å². The third kappa shape index (κ3) is 2.46. The predicted molar refractivity (Wildman–Crippen MR) is 62.6 cm³/mol. The highest BCUT2D eigenvalue weighted by Gasteiger charge is 2.02. The van der Waals surface area contributed by atoms with Gasteiger partial charge in [0.05, 0.1) is 4.21 Å². The van der Waals surface area contributed by atoms with Crippen molar-refractivity contribution < 1.29 is 0 Å². The highest BCUT2D eigenvalue weighted by atomic mass is 79.9. The van der Waals surface area contributed by atoms with E-state index in [-0.39, 0.29) is 0 Å². The van der Waals surface area contributed by atoms with E-state index in [2.05, 4.69) is 25.9 Å². The standard InChI is InChI=1S/C8H6BrN3S2/c9-5-4-6(12-8(10)11-5)14-7-2-1-3-13-7/h1-4H,(H2,10,11,12). The minimum Gasteiger partial charge on any atom is -0.368 e. The number of aromatic nitrogens is 2. The fraction of sp³-hybridized carbons (Fsp3) is 0. The first-order valence-electron chi connectivity index (χ1n) is 3.75. The zero-order valence-electron chi connectivity index (χ0n) is 6.98. The molecular weight excluding hydrogens is 282 g/mol. The van der Waals surface area contributed by atoms with Crippen molar-refractivity contribution in [2.45, 2.75) is 9.24 Å². The zero-order valence-corrected chi connectivity index (χ0v) is 10.2. The number of nitrogens with two attached hydrogens (primary N) is 1. The third-order valence-electron chi connectivity index (χ3n) is 1.39. The Morgan fingerprint density at radius 3 is 2.93 bits per heavy atom. The van der Waals surface area contributed by atoms with Crippen molar-refractivity contribution in [1.29, 1.82) is 0 Å². The molecule has 0 amide bonds. The van der Waals surface area contributed by atoms with Gasteiger partial charge >= 0.3 is 0 Å². The van der Waals surface area contributed by atoms with Gasteiger partial charge in [-0.25, -0.2) is 9.97 Å². The SMILES string of the molecule is Nc1nc(Br)cc(Sc2cccs2)n1. The first kappa shape index (κ1) is 9.95. The summed E-state index contributed by atoms with van der Waals surface area (Å²) in [6.45, 7) is 0. The number of halogens is 1. The van der Waals surface area contributed by atoms with Gasteiger partial charge in [-0.1, -0.05) is 17.8 Å². The van der Waals surface area contributed by atoms with Crippen LogP contribution >= 0.6 is 39.0 Å². The molecule has 2 rings (SSSR count). The van der Waals surface area contributed by atoms with Crippen molar-refractivity contribution in [2.24, 2.45) is 0 Å². The molecule has 0 aromatic carbocycles. The van der Waals surface area contributed by atoms with Crippen LogP contribution in [0.25, 0.3) is 0 Å². The third-order valence-corrected chi connectivity index (χ3v) is 3.75. The molecule has 0 aliphatic rings. The van der Waals surface area contributed by atoms with Gasteiger partial charge in [0.25, 0.3) is 0 Å². The van der Waals surface area contributed by atoms with E-state index in [0.29, 0.717) is 10.6 Å². The van der Waals surface area contributed by atoms with Crippen molar-refractivity contribution in [3.8, 4) is 0 Å². The molecule has 0 saturated heterocycles. The molecule has 0 radical (unpaired) electrons. The maximum atomic E-state index is 5.53. The summed E-state index contributed by atoms with van der Waals surface area (Å²) in [5.41, 5.74) is 5.53. The lowest BCUT2D eigenvalue weighted by molar-refractivity contribution is 1.05. The van der Waals surface area contributed by atoms with E-state index in [1.807, 2.05) is 23.6 Å². The Morgan fingerprint density at radius 1 is 1.43 bits per heavy atom. The van der Waals surface area contributed by atoms with Crippen LogP contribution in [0.4, 0.5) is 5.95 Å². The molecule has 2 aromatic rings. The van der Waals surface area contributed by atoms with Crippen molar-refractivity contribution in [3.63, 3.8) is 0 Å². The molecule has 0 spiro atoms. The molecular formula is C8H6BrN3S2. The second-order valence-corrected chi connectivity index (χ2v) is 5.50. The minimum absolute atomic E-state index is 0.290. The lowest BCUT2D eigenvalue weighted by Gasteiger charge is -1.99. The maximum absolute atomic E-state index is 5.53. The Kier molecular flexibility index (Phi) is 3.05. The first-order valence-corrected chi connectivity index (χ1v) is 6.24. The Balaban J connectivity index is 2.25. The van der Waals surface area contributed by atoms with Crippen molar-refractivity contribution in [3.05, 3.63) is 28.2 Å². The molecule has 0 saturated carbocycles. The molecule has 0 aliphatic heterocycles. The van der Waals surface area contributed by atoms with Gasteiger partial charge in [0.15, 0.2) is 0 Å². The van der Waals surface area contributed by atoms with Gasteiger partial charge in [0.1, 0.15) is 9.63 Å². The fourth-order valence-electron chi connectivity index (χ4n) is 0.891. The van der Waals surface area contributed by atoms with E-state index < -0.39 is 0 Å². The number of hydrogen-bond acceptors (Lipinski definition) is 5. The second kappa shape index (κ2) is 4.29. The van der Waals surface area contributed by atoms with Crippen LogP contribution in [0.3, 0.4) is 0 Å². The molecule has 6 heteroatoms. The number of thiophene rings is 1. The Hall–Kier alpha value is -0.590. The van der Waals surface area contributed by atoms with Crippen LogP contribution < -0.4 is 5.73 Å². The van der Waals surface area contributed by atoms with Crippen molar-refractivity contribution >= 4 is 45.0 Å². The molecule has 0 bridgehead atoms. The molecule has 0 aliphatic carbocycles. The summed E-state index contributed by atoms with van der Waals surface area (Å²) in [7, 11) is 0. The normalized spacial score (nSPS) is 10.4. The minimum atomic E-state index is 0.290.